The highest BCUT2D eigenvalue weighted by molar-refractivity contribution is 6.37. The maximum absolute atomic E-state index is 12.4. The number of rotatable bonds is 6. The Morgan fingerprint density at radius 2 is 1.57 bits per heavy atom. The molecule has 3 aromatic heterocycles. The summed E-state index contributed by atoms with van der Waals surface area (Å²) in [6.07, 6.45) is 3.38. The van der Waals surface area contributed by atoms with Gasteiger partial charge in [0.15, 0.2) is 5.65 Å². The standard InChI is InChI=1S/C33H41BN8O2/c1-23-19-25(9-10-35-23)22-40-11-15-41(16-12-40)29-27(34)20-36-31-28(29)37-30(38-31)26-7-5-24(6-8-26)21-39-13-17-42(18-14-39)32(43)44-33(2,3)4/h5-10,19-20H,11-18,21-22H2,1-4H3,(H,36,37,38). The first kappa shape index (κ1) is 30.1. The number of aromatic amines is 1. The number of aryl methyl sites for hydroxylation is 1. The van der Waals surface area contributed by atoms with E-state index in [4.69, 9.17) is 17.6 Å². The number of nitrogens with one attached hydrogen (secondary N) is 1. The summed E-state index contributed by atoms with van der Waals surface area (Å²) in [6.45, 7) is 16.1. The van der Waals surface area contributed by atoms with Crippen LogP contribution in [0.5, 0.6) is 0 Å². The van der Waals surface area contributed by atoms with Gasteiger partial charge in [-0.2, -0.15) is 0 Å². The van der Waals surface area contributed by atoms with E-state index in [1.807, 2.05) is 33.9 Å². The fourth-order valence-electron chi connectivity index (χ4n) is 5.97. The average molecular weight is 593 g/mol. The third kappa shape index (κ3) is 7.05. The first-order valence-corrected chi connectivity index (χ1v) is 15.4. The SMILES string of the molecule is [B]c1cnc2nc(-c3ccc(CN4CCN(C(=O)OC(C)(C)C)CC4)cc3)[nH]c2c1N1CCN(Cc2ccnc(C)c2)CC1. The average Bonchev–Trinajstić information content (AvgIpc) is 3.42. The Morgan fingerprint density at radius 3 is 2.23 bits per heavy atom. The number of pyridine rings is 2. The van der Waals surface area contributed by atoms with Crippen LogP contribution in [0.15, 0.2) is 48.8 Å². The van der Waals surface area contributed by atoms with Gasteiger partial charge in [-0.25, -0.2) is 14.8 Å². The molecule has 0 aliphatic carbocycles. The molecular weight excluding hydrogens is 551 g/mol. The molecule has 2 saturated heterocycles. The number of hydrogen-bond donors (Lipinski definition) is 1. The van der Waals surface area contributed by atoms with Crippen molar-refractivity contribution in [2.45, 2.75) is 46.4 Å². The summed E-state index contributed by atoms with van der Waals surface area (Å²) >= 11 is 0. The molecule has 11 heteroatoms. The van der Waals surface area contributed by atoms with E-state index >= 15 is 0 Å². The van der Waals surface area contributed by atoms with Crippen molar-refractivity contribution in [2.24, 2.45) is 0 Å². The largest absolute Gasteiger partial charge is 0.444 e. The molecule has 2 fully saturated rings. The molecule has 0 spiro atoms. The summed E-state index contributed by atoms with van der Waals surface area (Å²) < 4.78 is 5.53. The third-order valence-corrected chi connectivity index (χ3v) is 8.23. The number of amides is 1. The number of fused-ring (bicyclic) bond motifs is 1. The summed E-state index contributed by atoms with van der Waals surface area (Å²) in [4.78, 5) is 38.6. The highest BCUT2D eigenvalue weighted by Crippen LogP contribution is 2.27. The molecule has 1 aromatic carbocycles. The zero-order valence-electron chi connectivity index (χ0n) is 26.2. The zero-order valence-corrected chi connectivity index (χ0v) is 26.2. The second-order valence-corrected chi connectivity index (χ2v) is 12.9. The molecule has 1 amide bonds. The molecule has 228 valence electrons. The number of hydrogen-bond acceptors (Lipinski definition) is 8. The van der Waals surface area contributed by atoms with E-state index in [0.29, 0.717) is 24.2 Å². The normalized spacial score (nSPS) is 16.9. The summed E-state index contributed by atoms with van der Waals surface area (Å²) in [6, 6.07) is 12.8. The number of imidazole rings is 1. The second kappa shape index (κ2) is 12.6. The van der Waals surface area contributed by atoms with Gasteiger partial charge >= 0.3 is 6.09 Å². The fraction of sp³-hybridized carbons (Fsp3) is 0.455. The number of carbonyl (C=O) groups is 1. The van der Waals surface area contributed by atoms with Gasteiger partial charge in [0.05, 0.1) is 5.69 Å². The lowest BCUT2D eigenvalue weighted by Crippen LogP contribution is -2.49. The van der Waals surface area contributed by atoms with Gasteiger partial charge in [0.25, 0.3) is 0 Å². The Morgan fingerprint density at radius 1 is 0.909 bits per heavy atom. The van der Waals surface area contributed by atoms with E-state index in [-0.39, 0.29) is 6.09 Å². The molecule has 6 rings (SSSR count). The summed E-state index contributed by atoms with van der Waals surface area (Å²) in [5.74, 6) is 0.781. The molecule has 4 aromatic rings. The van der Waals surface area contributed by atoms with Crippen molar-refractivity contribution >= 4 is 36.3 Å². The Balaban J connectivity index is 1.08. The van der Waals surface area contributed by atoms with E-state index in [1.54, 1.807) is 11.1 Å². The molecule has 1 N–H and O–H groups in total. The number of anilines is 1. The number of benzene rings is 1. The molecule has 0 bridgehead atoms. The smallest absolute Gasteiger partial charge is 0.410 e. The van der Waals surface area contributed by atoms with Crippen LogP contribution in [0.4, 0.5) is 10.5 Å². The van der Waals surface area contributed by atoms with Gasteiger partial charge in [-0.15, -0.1) is 0 Å². The van der Waals surface area contributed by atoms with Crippen LogP contribution in [0.3, 0.4) is 0 Å². The lowest BCUT2D eigenvalue weighted by molar-refractivity contribution is 0.0139. The van der Waals surface area contributed by atoms with Crippen molar-refractivity contribution in [1.82, 2.24) is 34.6 Å². The van der Waals surface area contributed by atoms with Gasteiger partial charge in [0, 0.05) is 89.1 Å². The van der Waals surface area contributed by atoms with Gasteiger partial charge in [-0.1, -0.05) is 29.7 Å². The fourth-order valence-corrected chi connectivity index (χ4v) is 5.97. The summed E-state index contributed by atoms with van der Waals surface area (Å²) in [5, 5.41) is 0. The van der Waals surface area contributed by atoms with Crippen LogP contribution in [0, 0.1) is 6.92 Å². The first-order chi connectivity index (χ1) is 21.1. The van der Waals surface area contributed by atoms with Crippen LogP contribution in [0.1, 0.15) is 37.6 Å². The molecule has 0 saturated carbocycles. The molecule has 2 aliphatic rings. The van der Waals surface area contributed by atoms with Crippen LogP contribution in [0.2, 0.25) is 0 Å². The monoisotopic (exact) mass is 592 g/mol. The topological polar surface area (TPSA) is 93.7 Å². The summed E-state index contributed by atoms with van der Waals surface area (Å²) in [7, 11) is 6.50. The molecule has 44 heavy (non-hydrogen) atoms. The molecule has 2 aliphatic heterocycles. The van der Waals surface area contributed by atoms with Gasteiger partial charge < -0.3 is 19.5 Å². The van der Waals surface area contributed by atoms with E-state index in [9.17, 15) is 4.79 Å². The van der Waals surface area contributed by atoms with E-state index in [0.717, 1.165) is 80.6 Å². The van der Waals surface area contributed by atoms with Crippen LogP contribution in [0.25, 0.3) is 22.6 Å². The highest BCUT2D eigenvalue weighted by Gasteiger charge is 2.26. The van der Waals surface area contributed by atoms with Crippen LogP contribution in [-0.2, 0) is 17.8 Å². The predicted octanol–water partition coefficient (Wildman–Crippen LogP) is 3.50. The predicted molar refractivity (Wildman–Crippen MR) is 174 cm³/mol. The number of ether oxygens (including phenoxy) is 1. The molecule has 0 unspecified atom stereocenters. The van der Waals surface area contributed by atoms with Crippen LogP contribution in [-0.4, -0.2) is 107 Å². The minimum absolute atomic E-state index is 0.231. The quantitative estimate of drug-likeness (QED) is 0.341. The minimum Gasteiger partial charge on any atom is -0.444 e. The number of carbonyl (C=O) groups excluding carboxylic acids is 1. The maximum Gasteiger partial charge on any atom is 0.410 e. The number of nitrogens with zero attached hydrogens (tertiary/aromatic N) is 7. The number of aromatic nitrogens is 4. The van der Waals surface area contributed by atoms with E-state index in [2.05, 4.69) is 66.0 Å². The van der Waals surface area contributed by atoms with Crippen molar-refractivity contribution in [3.05, 3.63) is 65.6 Å². The van der Waals surface area contributed by atoms with Gasteiger partial charge in [0.1, 0.15) is 24.8 Å². The van der Waals surface area contributed by atoms with Gasteiger partial charge in [-0.3, -0.25) is 14.8 Å². The Bertz CT molecular complexity index is 1600. The third-order valence-electron chi connectivity index (χ3n) is 8.23. The molecule has 0 atom stereocenters. The van der Waals surface area contributed by atoms with Crippen molar-refractivity contribution in [2.75, 3.05) is 57.3 Å². The van der Waals surface area contributed by atoms with E-state index < -0.39 is 5.60 Å². The number of piperazine rings is 2. The van der Waals surface area contributed by atoms with Crippen LogP contribution < -0.4 is 10.4 Å². The molecule has 10 nitrogen and oxygen atoms in total. The van der Waals surface area contributed by atoms with Crippen molar-refractivity contribution in [3.63, 3.8) is 0 Å². The molecule has 2 radical (unpaired) electrons. The summed E-state index contributed by atoms with van der Waals surface area (Å²) in [5.41, 5.74) is 7.28. The Kier molecular flexibility index (Phi) is 8.60. The van der Waals surface area contributed by atoms with Crippen LogP contribution >= 0.6 is 0 Å². The number of H-pyrrole nitrogens is 1. The highest BCUT2D eigenvalue weighted by atomic mass is 16.6. The maximum atomic E-state index is 12.4. The Labute approximate surface area is 260 Å². The lowest BCUT2D eigenvalue weighted by Gasteiger charge is -2.37. The second-order valence-electron chi connectivity index (χ2n) is 12.9. The molecular formula is C33H41BN8O2. The lowest BCUT2D eigenvalue weighted by atomic mass is 9.95. The van der Waals surface area contributed by atoms with Gasteiger partial charge in [-0.05, 0) is 51.0 Å². The van der Waals surface area contributed by atoms with Gasteiger partial charge in [0.2, 0.25) is 0 Å². The zero-order chi connectivity index (χ0) is 30.8. The van der Waals surface area contributed by atoms with E-state index in [1.165, 1.54) is 11.1 Å². The van der Waals surface area contributed by atoms with Crippen molar-refractivity contribution < 1.29 is 9.53 Å². The first-order valence-electron chi connectivity index (χ1n) is 15.4. The van der Waals surface area contributed by atoms with Crippen molar-refractivity contribution in [3.8, 4) is 11.4 Å². The minimum atomic E-state index is -0.476. The van der Waals surface area contributed by atoms with Crippen molar-refractivity contribution in [1.29, 1.82) is 0 Å². The Hall–Kier alpha value is -3.96. The molecule has 5 heterocycles.